The summed E-state index contributed by atoms with van der Waals surface area (Å²) in [7, 11) is 2.14. The zero-order chi connectivity index (χ0) is 13.0. The number of hydrogen-bond donors (Lipinski definition) is 1. The van der Waals surface area contributed by atoms with Crippen LogP contribution < -0.4 is 5.32 Å². The standard InChI is InChI=1S/C14H27N3O/c1-12-11-17(10-9-16(12)2)14(18)7-6-13-5-3-4-8-15-13/h12-13,15H,3-11H2,1-2H3. The number of amides is 1. The molecule has 2 fully saturated rings. The fourth-order valence-electron chi connectivity index (χ4n) is 2.90. The third-order valence-electron chi connectivity index (χ3n) is 4.43. The Kier molecular flexibility index (Phi) is 5.01. The highest BCUT2D eigenvalue weighted by molar-refractivity contribution is 5.76. The maximum absolute atomic E-state index is 12.2. The van der Waals surface area contributed by atoms with Gasteiger partial charge in [-0.05, 0) is 39.8 Å². The average Bonchev–Trinajstić information content (AvgIpc) is 2.40. The minimum absolute atomic E-state index is 0.349. The van der Waals surface area contributed by atoms with Gasteiger partial charge in [-0.25, -0.2) is 0 Å². The van der Waals surface area contributed by atoms with Gasteiger partial charge in [-0.3, -0.25) is 4.79 Å². The molecular weight excluding hydrogens is 226 g/mol. The molecule has 104 valence electrons. The molecule has 0 spiro atoms. The maximum Gasteiger partial charge on any atom is 0.222 e. The second-order valence-electron chi connectivity index (χ2n) is 5.85. The Balaban J connectivity index is 1.70. The van der Waals surface area contributed by atoms with E-state index in [1.165, 1.54) is 19.3 Å². The van der Waals surface area contributed by atoms with E-state index in [9.17, 15) is 4.79 Å². The third-order valence-corrected chi connectivity index (χ3v) is 4.43. The Morgan fingerprint density at radius 1 is 1.33 bits per heavy atom. The smallest absolute Gasteiger partial charge is 0.222 e. The van der Waals surface area contributed by atoms with E-state index in [1.807, 2.05) is 4.90 Å². The van der Waals surface area contributed by atoms with Gasteiger partial charge < -0.3 is 15.1 Å². The van der Waals surface area contributed by atoms with Crippen molar-refractivity contribution in [2.45, 2.75) is 51.1 Å². The summed E-state index contributed by atoms with van der Waals surface area (Å²) in [4.78, 5) is 16.5. The molecule has 0 saturated carbocycles. The minimum Gasteiger partial charge on any atom is -0.340 e. The first kappa shape index (κ1) is 13.8. The van der Waals surface area contributed by atoms with E-state index < -0.39 is 0 Å². The summed E-state index contributed by atoms with van der Waals surface area (Å²) in [5, 5.41) is 3.51. The van der Waals surface area contributed by atoms with Gasteiger partial charge in [-0.15, -0.1) is 0 Å². The van der Waals surface area contributed by atoms with Crippen LogP contribution in [0, 0.1) is 0 Å². The second-order valence-corrected chi connectivity index (χ2v) is 5.85. The van der Waals surface area contributed by atoms with Gasteiger partial charge in [0, 0.05) is 38.1 Å². The molecule has 2 unspecified atom stereocenters. The molecule has 2 aliphatic heterocycles. The van der Waals surface area contributed by atoms with Crippen LogP contribution in [0.25, 0.3) is 0 Å². The molecule has 1 amide bonds. The summed E-state index contributed by atoms with van der Waals surface area (Å²) < 4.78 is 0. The first-order chi connectivity index (χ1) is 8.66. The van der Waals surface area contributed by atoms with Gasteiger partial charge in [0.05, 0.1) is 0 Å². The number of carbonyl (C=O) groups excluding carboxylic acids is 1. The van der Waals surface area contributed by atoms with Gasteiger partial charge in [-0.2, -0.15) is 0 Å². The molecule has 2 heterocycles. The van der Waals surface area contributed by atoms with Crippen LogP contribution in [0.4, 0.5) is 0 Å². The van der Waals surface area contributed by atoms with Crippen LogP contribution in [-0.4, -0.2) is 61.0 Å². The Bertz CT molecular complexity index is 276. The highest BCUT2D eigenvalue weighted by Crippen LogP contribution is 2.14. The molecule has 1 N–H and O–H groups in total. The molecule has 0 aromatic carbocycles. The number of likely N-dealkylation sites (N-methyl/N-ethyl adjacent to an activating group) is 1. The molecule has 4 nitrogen and oxygen atoms in total. The number of nitrogens with zero attached hydrogens (tertiary/aromatic N) is 2. The van der Waals surface area contributed by atoms with E-state index in [1.54, 1.807) is 0 Å². The van der Waals surface area contributed by atoms with Gasteiger partial charge in [0.2, 0.25) is 5.91 Å². The van der Waals surface area contributed by atoms with Crippen molar-refractivity contribution in [1.82, 2.24) is 15.1 Å². The van der Waals surface area contributed by atoms with Crippen LogP contribution in [0.2, 0.25) is 0 Å². The van der Waals surface area contributed by atoms with E-state index in [-0.39, 0.29) is 0 Å². The van der Waals surface area contributed by atoms with Gasteiger partial charge in [0.15, 0.2) is 0 Å². The lowest BCUT2D eigenvalue weighted by Crippen LogP contribution is -2.52. The Hall–Kier alpha value is -0.610. The van der Waals surface area contributed by atoms with Crippen molar-refractivity contribution in [3.63, 3.8) is 0 Å². The quantitative estimate of drug-likeness (QED) is 0.817. The van der Waals surface area contributed by atoms with Crippen LogP contribution in [-0.2, 0) is 4.79 Å². The number of nitrogens with one attached hydrogen (secondary N) is 1. The lowest BCUT2D eigenvalue weighted by Gasteiger charge is -2.38. The van der Waals surface area contributed by atoms with Crippen LogP contribution in [0.3, 0.4) is 0 Å². The summed E-state index contributed by atoms with van der Waals surface area (Å²) in [6.45, 7) is 6.13. The van der Waals surface area contributed by atoms with Crippen molar-refractivity contribution >= 4 is 5.91 Å². The van der Waals surface area contributed by atoms with Crippen LogP contribution in [0.5, 0.6) is 0 Å². The normalized spacial score (nSPS) is 30.4. The monoisotopic (exact) mass is 253 g/mol. The van der Waals surface area contributed by atoms with E-state index in [2.05, 4.69) is 24.2 Å². The lowest BCUT2D eigenvalue weighted by atomic mass is 10.00. The van der Waals surface area contributed by atoms with Gasteiger partial charge in [-0.1, -0.05) is 6.42 Å². The molecule has 2 saturated heterocycles. The fraction of sp³-hybridized carbons (Fsp3) is 0.929. The lowest BCUT2D eigenvalue weighted by molar-refractivity contribution is -0.134. The second kappa shape index (κ2) is 6.53. The molecule has 0 aliphatic carbocycles. The van der Waals surface area contributed by atoms with Crippen molar-refractivity contribution in [2.24, 2.45) is 0 Å². The van der Waals surface area contributed by atoms with Crippen molar-refractivity contribution in [3.8, 4) is 0 Å². The van der Waals surface area contributed by atoms with Gasteiger partial charge in [0.25, 0.3) is 0 Å². The van der Waals surface area contributed by atoms with E-state index in [0.717, 1.165) is 32.6 Å². The summed E-state index contributed by atoms with van der Waals surface area (Å²) in [5.74, 6) is 0.349. The van der Waals surface area contributed by atoms with Crippen molar-refractivity contribution in [3.05, 3.63) is 0 Å². The minimum atomic E-state index is 0.349. The number of carbonyl (C=O) groups is 1. The molecule has 0 radical (unpaired) electrons. The first-order valence-corrected chi connectivity index (χ1v) is 7.38. The summed E-state index contributed by atoms with van der Waals surface area (Å²) in [6, 6.07) is 1.07. The molecule has 0 aromatic rings. The summed E-state index contributed by atoms with van der Waals surface area (Å²) in [5.41, 5.74) is 0. The van der Waals surface area contributed by atoms with E-state index in [0.29, 0.717) is 24.4 Å². The molecule has 2 atom stereocenters. The Labute approximate surface area is 111 Å². The Morgan fingerprint density at radius 2 is 2.17 bits per heavy atom. The predicted octanol–water partition coefficient (Wildman–Crippen LogP) is 1.07. The molecule has 2 rings (SSSR count). The highest BCUT2D eigenvalue weighted by Gasteiger charge is 2.24. The zero-order valence-electron chi connectivity index (χ0n) is 11.8. The maximum atomic E-state index is 12.2. The number of rotatable bonds is 3. The van der Waals surface area contributed by atoms with Crippen LogP contribution >= 0.6 is 0 Å². The molecule has 4 heteroatoms. The van der Waals surface area contributed by atoms with Gasteiger partial charge in [0.1, 0.15) is 0 Å². The SMILES string of the molecule is CC1CN(C(=O)CCC2CCCCN2)CCN1C. The highest BCUT2D eigenvalue weighted by atomic mass is 16.2. The van der Waals surface area contributed by atoms with Crippen molar-refractivity contribution in [2.75, 3.05) is 33.2 Å². The molecule has 2 aliphatic rings. The van der Waals surface area contributed by atoms with Crippen LogP contribution in [0.15, 0.2) is 0 Å². The number of piperazine rings is 1. The number of piperidine rings is 1. The van der Waals surface area contributed by atoms with Crippen LogP contribution in [0.1, 0.15) is 39.0 Å². The van der Waals surface area contributed by atoms with Gasteiger partial charge >= 0.3 is 0 Å². The van der Waals surface area contributed by atoms with Crippen molar-refractivity contribution in [1.29, 1.82) is 0 Å². The molecular formula is C14H27N3O. The zero-order valence-corrected chi connectivity index (χ0v) is 11.8. The topological polar surface area (TPSA) is 35.6 Å². The number of hydrogen-bond acceptors (Lipinski definition) is 3. The largest absolute Gasteiger partial charge is 0.340 e. The average molecular weight is 253 g/mol. The van der Waals surface area contributed by atoms with E-state index in [4.69, 9.17) is 0 Å². The first-order valence-electron chi connectivity index (χ1n) is 7.38. The van der Waals surface area contributed by atoms with Crippen molar-refractivity contribution < 1.29 is 4.79 Å². The molecule has 18 heavy (non-hydrogen) atoms. The molecule has 0 aromatic heterocycles. The van der Waals surface area contributed by atoms with E-state index >= 15 is 0 Å². The predicted molar refractivity (Wildman–Crippen MR) is 73.5 cm³/mol. The summed E-state index contributed by atoms with van der Waals surface area (Å²) >= 11 is 0. The summed E-state index contributed by atoms with van der Waals surface area (Å²) in [6.07, 6.45) is 5.58. The molecule has 0 bridgehead atoms. The fourth-order valence-corrected chi connectivity index (χ4v) is 2.90. The Morgan fingerprint density at radius 3 is 2.83 bits per heavy atom. The third kappa shape index (κ3) is 3.69.